The minimum Gasteiger partial charge on any atom is -0.508 e. The van der Waals surface area contributed by atoms with E-state index in [2.05, 4.69) is 4.99 Å². The lowest BCUT2D eigenvalue weighted by atomic mass is 9.72. The fourth-order valence-corrected chi connectivity index (χ4v) is 8.00. The number of aromatic hydroxyl groups is 1. The second-order valence-corrected chi connectivity index (χ2v) is 14.7. The molecule has 7 rings (SSSR count). The largest absolute Gasteiger partial charge is 0.508 e. The van der Waals surface area contributed by atoms with Crippen molar-refractivity contribution in [3.8, 4) is 11.5 Å². The van der Waals surface area contributed by atoms with E-state index in [1.807, 2.05) is 24.1 Å². The summed E-state index contributed by atoms with van der Waals surface area (Å²) >= 11 is 0. The monoisotopic (exact) mass is 718 g/mol. The van der Waals surface area contributed by atoms with Gasteiger partial charge in [-0.15, -0.1) is 0 Å². The fraction of sp³-hybridized carbons (Fsp3) is 0.487. The average Bonchev–Trinajstić information content (AvgIpc) is 3.75. The van der Waals surface area contributed by atoms with E-state index in [-0.39, 0.29) is 29.9 Å². The molecule has 0 bridgehead atoms. The van der Waals surface area contributed by atoms with Crippen LogP contribution in [0.3, 0.4) is 0 Å². The van der Waals surface area contributed by atoms with Crippen molar-refractivity contribution in [3.63, 3.8) is 0 Å². The summed E-state index contributed by atoms with van der Waals surface area (Å²) in [7, 11) is 0. The fourth-order valence-electron chi connectivity index (χ4n) is 8.00. The van der Waals surface area contributed by atoms with Crippen LogP contribution in [-0.4, -0.2) is 91.7 Å². The van der Waals surface area contributed by atoms with Crippen molar-refractivity contribution in [2.24, 2.45) is 10.9 Å². The van der Waals surface area contributed by atoms with E-state index in [0.29, 0.717) is 45.8 Å². The summed E-state index contributed by atoms with van der Waals surface area (Å²) in [6.07, 6.45) is 4.22. The van der Waals surface area contributed by atoms with Gasteiger partial charge < -0.3 is 44.7 Å². The Kier molecular flexibility index (Phi) is 10.0. The van der Waals surface area contributed by atoms with Crippen LogP contribution in [0, 0.1) is 12.8 Å². The molecule has 6 N–H and O–H groups in total. The Morgan fingerprint density at radius 3 is 2.58 bits per heavy atom. The van der Waals surface area contributed by atoms with Gasteiger partial charge in [-0.2, -0.15) is 0 Å². The summed E-state index contributed by atoms with van der Waals surface area (Å²) in [4.78, 5) is 31.9. The summed E-state index contributed by atoms with van der Waals surface area (Å²) in [5.41, 5.74) is 0.776. The number of allylic oxidation sites excluding steroid dienone is 1. The van der Waals surface area contributed by atoms with Crippen molar-refractivity contribution in [1.82, 2.24) is 0 Å². The number of aliphatic hydroxyl groups is 5. The molecule has 0 unspecified atom stereocenters. The highest BCUT2D eigenvalue weighted by Crippen LogP contribution is 2.50. The number of phenolic OH excluding ortho intramolecular Hbond substituents is 1. The van der Waals surface area contributed by atoms with Crippen LogP contribution in [0.2, 0.25) is 0 Å². The Morgan fingerprint density at radius 2 is 1.87 bits per heavy atom. The second-order valence-electron chi connectivity index (χ2n) is 14.7. The number of ether oxygens (including phenoxy) is 1. The molecule has 0 radical (unpaired) electrons. The molecule has 4 aliphatic rings. The number of aliphatic hydroxyl groups excluding tert-OH is 4. The number of phenols is 1. The maximum absolute atomic E-state index is 13.4. The first-order valence-electron chi connectivity index (χ1n) is 17.8. The molecular weight excluding hydrogens is 672 g/mol. The zero-order valence-electron chi connectivity index (χ0n) is 29.3. The predicted molar refractivity (Wildman–Crippen MR) is 191 cm³/mol. The molecule has 13 nitrogen and oxygen atoms in total. The van der Waals surface area contributed by atoms with Crippen LogP contribution in [0.1, 0.15) is 55.9 Å². The van der Waals surface area contributed by atoms with Gasteiger partial charge in [0.15, 0.2) is 16.8 Å². The number of aryl methyl sites for hydroxylation is 1. The van der Waals surface area contributed by atoms with Gasteiger partial charge in [-0.1, -0.05) is 31.4 Å². The summed E-state index contributed by atoms with van der Waals surface area (Å²) < 4.78 is 13.4. The molecule has 2 aromatic carbocycles. The Hall–Kier alpha value is -4.08. The summed E-state index contributed by atoms with van der Waals surface area (Å²) in [6.45, 7) is 2.71. The molecule has 1 aromatic heterocycles. The van der Waals surface area contributed by atoms with Gasteiger partial charge >= 0.3 is 0 Å². The highest BCUT2D eigenvalue weighted by atomic mass is 17.2. The zero-order chi connectivity index (χ0) is 36.8. The summed E-state index contributed by atoms with van der Waals surface area (Å²) in [5, 5.41) is 63.3. The van der Waals surface area contributed by atoms with Gasteiger partial charge in [0.1, 0.15) is 59.4 Å². The number of hydrogen-bond acceptors (Lipinski definition) is 13. The number of benzene rings is 2. The first-order chi connectivity index (χ1) is 24.9. The van der Waals surface area contributed by atoms with Crippen LogP contribution in [0.25, 0.3) is 11.0 Å². The molecule has 1 aliphatic carbocycles. The number of hydrogen-bond donors (Lipinski definition) is 6. The molecule has 6 atom stereocenters. The van der Waals surface area contributed by atoms with E-state index in [9.17, 15) is 35.4 Å². The molecule has 278 valence electrons. The van der Waals surface area contributed by atoms with Crippen molar-refractivity contribution in [1.29, 1.82) is 0 Å². The van der Waals surface area contributed by atoms with E-state index >= 15 is 0 Å². The molecule has 13 heteroatoms. The van der Waals surface area contributed by atoms with Crippen LogP contribution in [0.4, 0.5) is 5.69 Å². The van der Waals surface area contributed by atoms with Crippen molar-refractivity contribution in [3.05, 3.63) is 87.6 Å². The van der Waals surface area contributed by atoms with Gasteiger partial charge in [-0.05, 0) is 56.5 Å². The number of rotatable bonds is 12. The lowest BCUT2D eigenvalue weighted by Gasteiger charge is -2.48. The SMILES string of the molecule is Cc1cc(=O)c2cc3c(c(N4C=C5C=CN=C5C4)c2o1)O[C@](C)(C1CCCCC1)[C@H](OOC[C@@](O)(Cc1ccc(O)cc1)[C@@H](O)[C@H](O)[C@H](O)CO)C3. The van der Waals surface area contributed by atoms with Crippen LogP contribution in [0.5, 0.6) is 11.5 Å². The third-order valence-electron chi connectivity index (χ3n) is 11.0. The van der Waals surface area contributed by atoms with E-state index in [1.165, 1.54) is 18.2 Å². The Balaban J connectivity index is 1.24. The van der Waals surface area contributed by atoms with E-state index in [1.54, 1.807) is 31.3 Å². The van der Waals surface area contributed by atoms with Crippen molar-refractivity contribution in [2.75, 3.05) is 24.7 Å². The molecular formula is C39H46N2O11. The van der Waals surface area contributed by atoms with E-state index < -0.39 is 48.8 Å². The van der Waals surface area contributed by atoms with Gasteiger partial charge in [-0.3, -0.25) is 9.79 Å². The van der Waals surface area contributed by atoms with Gasteiger partial charge in [0, 0.05) is 48.4 Å². The van der Waals surface area contributed by atoms with Crippen LogP contribution in [-0.2, 0) is 22.6 Å². The third-order valence-corrected chi connectivity index (χ3v) is 11.0. The quantitative estimate of drug-likeness (QED) is 0.119. The minimum absolute atomic E-state index is 0.00130. The maximum atomic E-state index is 13.4. The van der Waals surface area contributed by atoms with Crippen molar-refractivity contribution in [2.45, 2.75) is 94.4 Å². The van der Waals surface area contributed by atoms with Crippen molar-refractivity contribution >= 4 is 22.4 Å². The zero-order valence-corrected chi connectivity index (χ0v) is 29.3. The van der Waals surface area contributed by atoms with Gasteiger partial charge in [0.05, 0.1) is 24.2 Å². The Morgan fingerprint density at radius 1 is 1.12 bits per heavy atom. The first-order valence-corrected chi connectivity index (χ1v) is 17.8. The number of nitrogens with zero attached hydrogens (tertiary/aromatic N) is 2. The highest BCUT2D eigenvalue weighted by molar-refractivity contribution is 6.12. The highest BCUT2D eigenvalue weighted by Gasteiger charge is 2.51. The topological polar surface area (TPSA) is 195 Å². The predicted octanol–water partition coefficient (Wildman–Crippen LogP) is 3.12. The molecule has 52 heavy (non-hydrogen) atoms. The van der Waals surface area contributed by atoms with Crippen LogP contribution >= 0.6 is 0 Å². The van der Waals surface area contributed by atoms with Gasteiger partial charge in [0.2, 0.25) is 0 Å². The van der Waals surface area contributed by atoms with Crippen molar-refractivity contribution < 1.29 is 49.6 Å². The minimum atomic E-state index is -2.21. The number of aliphatic imine (C=N–C) groups is 1. The molecule has 0 spiro atoms. The molecule has 0 amide bonds. The third kappa shape index (κ3) is 6.78. The van der Waals surface area contributed by atoms with Crippen LogP contribution < -0.4 is 15.1 Å². The molecule has 1 fully saturated rings. The normalized spacial score (nSPS) is 24.4. The smallest absolute Gasteiger partial charge is 0.193 e. The maximum Gasteiger partial charge on any atom is 0.193 e. The molecule has 4 heterocycles. The lowest BCUT2D eigenvalue weighted by molar-refractivity contribution is -0.374. The van der Waals surface area contributed by atoms with E-state index in [0.717, 1.165) is 43.4 Å². The average molecular weight is 719 g/mol. The number of fused-ring (bicyclic) bond motifs is 3. The molecule has 3 aromatic rings. The number of anilines is 1. The Bertz CT molecular complexity index is 1950. The van der Waals surface area contributed by atoms with Gasteiger partial charge in [0.25, 0.3) is 0 Å². The second kappa shape index (κ2) is 14.4. The Labute approximate surface area is 300 Å². The summed E-state index contributed by atoms with van der Waals surface area (Å²) in [6, 6.07) is 9.15. The summed E-state index contributed by atoms with van der Waals surface area (Å²) in [5.74, 6) is 1.11. The first kappa shape index (κ1) is 36.3. The standard InChI is InChI=1S/C39H46N2O11/c1-22-14-30(44)28-15-25-16-32(52-49-21-39(48,37(47)34(46)31(45)20-42)17-23-8-10-27(43)11-9-23)38(2,26-6-4-3-5-7-26)51-35(25)33(36(28)50-22)41-18-24-12-13-40-29(24)19-41/h8-15,18,26,31-32,34,37,42-43,45-48H,3-7,16-17,19-21H2,1-2H3/t31-,32-,34-,37+,38-,39+/m1/s1. The van der Waals surface area contributed by atoms with Gasteiger partial charge in [-0.25, -0.2) is 9.78 Å². The molecule has 3 aliphatic heterocycles. The molecule has 1 saturated carbocycles. The lowest BCUT2D eigenvalue weighted by Crippen LogP contribution is -2.58. The van der Waals surface area contributed by atoms with E-state index in [4.69, 9.17) is 18.9 Å². The molecule has 0 saturated heterocycles. The van der Waals surface area contributed by atoms with Crippen LogP contribution in [0.15, 0.2) is 74.7 Å².